The van der Waals surface area contributed by atoms with Crippen LogP contribution >= 0.6 is 0 Å². The van der Waals surface area contributed by atoms with E-state index >= 15 is 0 Å². The molecular weight excluding hydrogens is 474 g/mol. The number of fused-ring (bicyclic) bond motifs is 6. The summed E-state index contributed by atoms with van der Waals surface area (Å²) in [5.41, 5.74) is 2.80. The van der Waals surface area contributed by atoms with Crippen LogP contribution in [0.2, 0.25) is 0 Å². The fourth-order valence-corrected chi connectivity index (χ4v) is 10.2. The molecule has 1 heterocycles. The first-order valence-corrected chi connectivity index (χ1v) is 15.5. The third-order valence-corrected chi connectivity index (χ3v) is 12.2. The van der Waals surface area contributed by atoms with Crippen LogP contribution in [0.15, 0.2) is 28.7 Å². The highest BCUT2D eigenvalue weighted by Gasteiger charge is 2.60. The van der Waals surface area contributed by atoms with E-state index in [2.05, 4.69) is 20.8 Å². The normalized spacial score (nSPS) is 39.3. The summed E-state index contributed by atoms with van der Waals surface area (Å²) in [5, 5.41) is 8.97. The molecule has 0 amide bonds. The monoisotopic (exact) mass is 521 g/mol. The largest absolute Gasteiger partial charge is 0.481 e. The van der Waals surface area contributed by atoms with Gasteiger partial charge in [-0.05, 0) is 123 Å². The van der Waals surface area contributed by atoms with E-state index in [-0.39, 0.29) is 12.5 Å². The average molecular weight is 522 g/mol. The molecule has 6 unspecified atom stereocenters. The molecule has 1 aromatic heterocycles. The van der Waals surface area contributed by atoms with Gasteiger partial charge in [0.1, 0.15) is 5.52 Å². The summed E-state index contributed by atoms with van der Waals surface area (Å²) >= 11 is 0. The van der Waals surface area contributed by atoms with Gasteiger partial charge in [0.2, 0.25) is 0 Å². The molecule has 208 valence electrons. The molecule has 2 aromatic rings. The van der Waals surface area contributed by atoms with E-state index in [0.717, 1.165) is 72.3 Å². The maximum Gasteiger partial charge on any atom is 0.305 e. The van der Waals surface area contributed by atoms with Gasteiger partial charge < -0.3 is 14.3 Å². The first-order valence-electron chi connectivity index (χ1n) is 15.5. The number of nitrogens with zero attached hydrogens (tertiary/aromatic N) is 1. The highest BCUT2D eigenvalue weighted by Crippen LogP contribution is 2.68. The second-order valence-corrected chi connectivity index (χ2v) is 13.9. The number of aliphatic carboxylic acids is 1. The van der Waals surface area contributed by atoms with E-state index in [4.69, 9.17) is 19.2 Å². The van der Waals surface area contributed by atoms with E-state index in [1.807, 2.05) is 24.3 Å². The van der Waals surface area contributed by atoms with E-state index in [9.17, 15) is 4.79 Å². The first-order chi connectivity index (χ1) is 18.3. The summed E-state index contributed by atoms with van der Waals surface area (Å²) in [6, 6.07) is 8.11. The lowest BCUT2D eigenvalue weighted by molar-refractivity contribution is -0.144. The van der Waals surface area contributed by atoms with Gasteiger partial charge in [0.25, 0.3) is 0 Å². The van der Waals surface area contributed by atoms with Crippen molar-refractivity contribution in [3.8, 4) is 0 Å². The minimum atomic E-state index is -0.758. The van der Waals surface area contributed by atoms with Gasteiger partial charge in [0.15, 0.2) is 11.5 Å². The van der Waals surface area contributed by atoms with Crippen LogP contribution in [-0.4, -0.2) is 28.8 Å². The third-order valence-electron chi connectivity index (χ3n) is 12.2. The Balaban J connectivity index is 1.09. The number of hydrogen-bond donors (Lipinski definition) is 1. The number of aryl methyl sites for hydroxylation is 1. The number of oxazole rings is 1. The Hall–Kier alpha value is -1.88. The summed E-state index contributed by atoms with van der Waals surface area (Å²) in [7, 11) is 0. The Morgan fingerprint density at radius 2 is 1.87 bits per heavy atom. The predicted molar refractivity (Wildman–Crippen MR) is 149 cm³/mol. The molecule has 5 nitrogen and oxygen atoms in total. The van der Waals surface area contributed by atoms with Crippen LogP contribution in [0.4, 0.5) is 0 Å². The fourth-order valence-electron chi connectivity index (χ4n) is 10.2. The molecule has 4 aliphatic carbocycles. The van der Waals surface area contributed by atoms with Crippen molar-refractivity contribution in [1.82, 2.24) is 4.98 Å². The number of carboxylic acid groups (broad SMARTS) is 1. The predicted octanol–water partition coefficient (Wildman–Crippen LogP) is 7.92. The number of hydrogen-bond acceptors (Lipinski definition) is 4. The molecule has 38 heavy (non-hydrogen) atoms. The van der Waals surface area contributed by atoms with Crippen LogP contribution in [0.5, 0.6) is 0 Å². The number of carbonyl (C=O) groups is 1. The smallest absolute Gasteiger partial charge is 0.305 e. The number of ether oxygens (including phenoxy) is 1. The van der Waals surface area contributed by atoms with Gasteiger partial charge in [-0.1, -0.05) is 32.9 Å². The van der Waals surface area contributed by atoms with Crippen LogP contribution in [0.3, 0.4) is 0 Å². The molecule has 4 fully saturated rings. The van der Waals surface area contributed by atoms with Crippen molar-refractivity contribution in [2.75, 3.05) is 6.61 Å². The van der Waals surface area contributed by atoms with E-state index < -0.39 is 5.97 Å². The van der Waals surface area contributed by atoms with E-state index in [0.29, 0.717) is 23.4 Å². The van der Waals surface area contributed by atoms with Crippen LogP contribution in [0.1, 0.15) is 97.3 Å². The lowest BCUT2D eigenvalue weighted by Crippen LogP contribution is -2.54. The molecule has 0 spiro atoms. The zero-order valence-corrected chi connectivity index (χ0v) is 23.7. The van der Waals surface area contributed by atoms with E-state index in [1.54, 1.807) is 0 Å². The second-order valence-electron chi connectivity index (χ2n) is 13.9. The van der Waals surface area contributed by atoms with Crippen LogP contribution in [0, 0.1) is 46.3 Å². The average Bonchev–Trinajstić information content (AvgIpc) is 3.47. The van der Waals surface area contributed by atoms with Crippen molar-refractivity contribution in [2.45, 2.75) is 104 Å². The molecule has 9 atom stereocenters. The quantitative estimate of drug-likeness (QED) is 0.382. The van der Waals surface area contributed by atoms with Crippen LogP contribution < -0.4 is 0 Å². The minimum Gasteiger partial charge on any atom is -0.481 e. The number of benzene rings is 1. The molecule has 0 bridgehead atoms. The second kappa shape index (κ2) is 10.3. The summed E-state index contributed by atoms with van der Waals surface area (Å²) < 4.78 is 12.1. The summed E-state index contributed by atoms with van der Waals surface area (Å²) in [4.78, 5) is 15.6. The highest BCUT2D eigenvalue weighted by molar-refractivity contribution is 5.72. The maximum absolute atomic E-state index is 10.9. The minimum absolute atomic E-state index is 0.123. The third kappa shape index (κ3) is 4.61. The van der Waals surface area contributed by atoms with Gasteiger partial charge in [0.05, 0.1) is 19.1 Å². The fraction of sp³-hybridized carbons (Fsp3) is 0.758. The molecule has 0 saturated heterocycles. The Morgan fingerprint density at radius 1 is 1.08 bits per heavy atom. The zero-order chi connectivity index (χ0) is 26.5. The van der Waals surface area contributed by atoms with Gasteiger partial charge in [-0.2, -0.15) is 0 Å². The number of para-hydroxylation sites is 2. The molecule has 6 rings (SSSR count). The maximum atomic E-state index is 10.9. The molecule has 4 saturated carbocycles. The van der Waals surface area contributed by atoms with Crippen molar-refractivity contribution in [1.29, 1.82) is 0 Å². The Labute approximate surface area is 228 Å². The zero-order valence-electron chi connectivity index (χ0n) is 23.7. The van der Waals surface area contributed by atoms with Gasteiger partial charge >= 0.3 is 5.97 Å². The molecule has 4 aliphatic rings. The van der Waals surface area contributed by atoms with E-state index in [1.165, 1.54) is 44.9 Å². The Bertz CT molecular complexity index is 1110. The van der Waals surface area contributed by atoms with Gasteiger partial charge in [-0.25, -0.2) is 4.98 Å². The van der Waals surface area contributed by atoms with Crippen molar-refractivity contribution < 1.29 is 19.1 Å². The van der Waals surface area contributed by atoms with Crippen molar-refractivity contribution in [3.05, 3.63) is 30.2 Å². The number of carboxylic acids is 1. The molecule has 1 N–H and O–H groups in total. The van der Waals surface area contributed by atoms with Crippen LogP contribution in [0.25, 0.3) is 11.1 Å². The molecular formula is C33H47NO4. The topological polar surface area (TPSA) is 72.6 Å². The standard InChI is InChI=1S/C33H47NO4/c1-21(8-13-30-34-28-6-4-5-7-29(28)38-30)25-11-12-26-24-10-9-22-20-23(37-19-16-31(35)36)14-17-32(22,2)27(24)15-18-33(25,26)3/h4-7,21-27H,8-20H2,1-3H3,(H,35,36)/t21?,22-,23?,24?,25?,26?,27?,32+,33-/m1/s1. The SMILES string of the molecule is CC(CCc1nc2ccccc2o1)C1CCC2C3CC[C@@H]4CC(OCCC(=O)O)CC[C@]4(C)C3CC[C@]12C. The number of rotatable bonds is 8. The summed E-state index contributed by atoms with van der Waals surface area (Å²) in [5.74, 6) is 5.00. The van der Waals surface area contributed by atoms with Crippen molar-refractivity contribution in [2.24, 2.45) is 46.3 Å². The Morgan fingerprint density at radius 3 is 2.68 bits per heavy atom. The Kier molecular flexibility index (Phi) is 7.12. The van der Waals surface area contributed by atoms with Crippen molar-refractivity contribution >= 4 is 17.1 Å². The molecule has 1 aromatic carbocycles. The van der Waals surface area contributed by atoms with Gasteiger partial charge in [-0.3, -0.25) is 4.79 Å². The summed E-state index contributed by atoms with van der Waals surface area (Å²) in [6.07, 6.45) is 14.3. The van der Waals surface area contributed by atoms with Gasteiger partial charge in [-0.15, -0.1) is 0 Å². The highest BCUT2D eigenvalue weighted by atomic mass is 16.5. The molecule has 0 radical (unpaired) electrons. The lowest BCUT2D eigenvalue weighted by atomic mass is 9.44. The van der Waals surface area contributed by atoms with Gasteiger partial charge in [0, 0.05) is 6.42 Å². The van der Waals surface area contributed by atoms with Crippen molar-refractivity contribution in [3.63, 3.8) is 0 Å². The molecule has 0 aliphatic heterocycles. The lowest BCUT2D eigenvalue weighted by Gasteiger charge is -2.61. The first kappa shape index (κ1) is 26.3. The van der Waals surface area contributed by atoms with Crippen LogP contribution in [-0.2, 0) is 16.0 Å². The molecule has 5 heteroatoms. The summed E-state index contributed by atoms with van der Waals surface area (Å²) in [6.45, 7) is 8.13. The number of aromatic nitrogens is 1.